The van der Waals surface area contributed by atoms with Gasteiger partial charge in [-0.05, 0) is 60.4 Å². The molecule has 0 amide bonds. The Morgan fingerprint density at radius 2 is 1.95 bits per heavy atom. The van der Waals surface area contributed by atoms with E-state index in [1.54, 1.807) is 24.3 Å². The molecule has 0 saturated carbocycles. The van der Waals surface area contributed by atoms with Crippen LogP contribution in [0, 0.1) is 12.7 Å². The maximum absolute atomic E-state index is 12.8. The lowest BCUT2D eigenvalue weighted by Gasteiger charge is -2.11. The van der Waals surface area contributed by atoms with Crippen LogP contribution in [0.1, 0.15) is 16.7 Å². The normalized spacial score (nSPS) is 10.8. The van der Waals surface area contributed by atoms with E-state index in [2.05, 4.69) is 6.92 Å². The Bertz CT molecular complexity index is 675. The molecule has 3 nitrogen and oxygen atoms in total. The highest BCUT2D eigenvalue weighted by atomic mass is 19.1. The third-order valence-corrected chi connectivity index (χ3v) is 3.08. The minimum absolute atomic E-state index is 0.281. The quantitative estimate of drug-likeness (QED) is 0.823. The molecular weight excluding hydrogens is 283 g/mol. The fourth-order valence-corrected chi connectivity index (χ4v) is 1.95. The van der Waals surface area contributed by atoms with Gasteiger partial charge in [0.25, 0.3) is 0 Å². The van der Waals surface area contributed by atoms with Crippen molar-refractivity contribution in [2.24, 2.45) is 0 Å². The minimum atomic E-state index is -0.993. The van der Waals surface area contributed by atoms with Crippen LogP contribution in [-0.4, -0.2) is 11.1 Å². The number of rotatable bonds is 6. The highest BCUT2D eigenvalue weighted by Crippen LogP contribution is 2.22. The Balaban J connectivity index is 2.10. The van der Waals surface area contributed by atoms with E-state index in [9.17, 15) is 9.18 Å². The van der Waals surface area contributed by atoms with E-state index in [0.717, 1.165) is 22.8 Å². The number of halogens is 1. The number of carbonyl (C=O) groups is 1. The molecule has 1 N–H and O–H groups in total. The molecule has 2 aromatic carbocycles. The monoisotopic (exact) mass is 299 g/mol. The van der Waals surface area contributed by atoms with Crippen molar-refractivity contribution >= 4 is 12.0 Å². The molecule has 0 heterocycles. The van der Waals surface area contributed by atoms with E-state index in [-0.39, 0.29) is 5.82 Å². The first-order chi connectivity index (χ1) is 10.6. The second-order valence-electron chi connectivity index (χ2n) is 4.70. The van der Waals surface area contributed by atoms with Crippen molar-refractivity contribution in [3.8, 4) is 5.75 Å². The van der Waals surface area contributed by atoms with Crippen LogP contribution in [0.25, 0.3) is 6.08 Å². The SMILES string of the molecule is [CH2]Cc1cc(/C=C/C(=O)O)ccc1OCc1ccc(F)cc1. The zero-order valence-electron chi connectivity index (χ0n) is 12.0. The topological polar surface area (TPSA) is 46.5 Å². The summed E-state index contributed by atoms with van der Waals surface area (Å²) < 4.78 is 18.6. The summed E-state index contributed by atoms with van der Waals surface area (Å²) in [5.74, 6) is -0.587. The molecule has 2 rings (SSSR count). The van der Waals surface area contributed by atoms with Crippen LogP contribution >= 0.6 is 0 Å². The summed E-state index contributed by atoms with van der Waals surface area (Å²) >= 11 is 0. The second kappa shape index (κ2) is 7.41. The average Bonchev–Trinajstić information content (AvgIpc) is 2.52. The fraction of sp³-hybridized carbons (Fsp3) is 0.111. The lowest BCUT2D eigenvalue weighted by atomic mass is 10.1. The van der Waals surface area contributed by atoms with Crippen LogP contribution < -0.4 is 4.74 Å². The van der Waals surface area contributed by atoms with E-state index in [1.807, 2.05) is 6.07 Å². The van der Waals surface area contributed by atoms with Crippen molar-refractivity contribution in [3.05, 3.63) is 78.0 Å². The van der Waals surface area contributed by atoms with Crippen molar-refractivity contribution in [3.63, 3.8) is 0 Å². The fourth-order valence-electron chi connectivity index (χ4n) is 1.95. The maximum Gasteiger partial charge on any atom is 0.328 e. The molecule has 1 radical (unpaired) electrons. The van der Waals surface area contributed by atoms with Gasteiger partial charge in [-0.25, -0.2) is 9.18 Å². The minimum Gasteiger partial charge on any atom is -0.489 e. The summed E-state index contributed by atoms with van der Waals surface area (Å²) in [7, 11) is 0. The van der Waals surface area contributed by atoms with Gasteiger partial charge in [0.2, 0.25) is 0 Å². The van der Waals surface area contributed by atoms with Gasteiger partial charge in [0.1, 0.15) is 18.2 Å². The van der Waals surface area contributed by atoms with E-state index < -0.39 is 5.97 Å². The van der Waals surface area contributed by atoms with Gasteiger partial charge in [-0.15, -0.1) is 0 Å². The predicted molar refractivity (Wildman–Crippen MR) is 82.9 cm³/mol. The van der Waals surface area contributed by atoms with Gasteiger partial charge in [-0.1, -0.05) is 18.2 Å². The Labute approximate surface area is 128 Å². The maximum atomic E-state index is 12.8. The van der Waals surface area contributed by atoms with E-state index in [1.165, 1.54) is 18.2 Å². The van der Waals surface area contributed by atoms with Crippen molar-refractivity contribution in [2.75, 3.05) is 0 Å². The molecule has 22 heavy (non-hydrogen) atoms. The van der Waals surface area contributed by atoms with Gasteiger partial charge in [-0.2, -0.15) is 0 Å². The summed E-state index contributed by atoms with van der Waals surface area (Å²) in [5, 5.41) is 8.64. The third-order valence-electron chi connectivity index (χ3n) is 3.08. The number of benzene rings is 2. The van der Waals surface area contributed by atoms with Gasteiger partial charge in [0, 0.05) is 6.08 Å². The average molecular weight is 299 g/mol. The Morgan fingerprint density at radius 3 is 2.59 bits per heavy atom. The number of ether oxygens (including phenoxy) is 1. The molecule has 113 valence electrons. The van der Waals surface area contributed by atoms with Gasteiger partial charge in [0.15, 0.2) is 0 Å². The zero-order valence-corrected chi connectivity index (χ0v) is 12.0. The van der Waals surface area contributed by atoms with Crippen LogP contribution in [0.15, 0.2) is 48.5 Å². The van der Waals surface area contributed by atoms with Crippen molar-refractivity contribution in [1.82, 2.24) is 0 Å². The number of carboxylic acid groups (broad SMARTS) is 1. The predicted octanol–water partition coefficient (Wildman–Crippen LogP) is 3.88. The number of aliphatic carboxylic acids is 1. The zero-order chi connectivity index (χ0) is 15.9. The standard InChI is InChI=1S/C18H16FO3/c1-2-15-11-13(6-10-18(20)21)5-9-17(15)22-12-14-3-7-16(19)8-4-14/h3-11H,1-2,12H2,(H,20,21)/b10-6+. The highest BCUT2D eigenvalue weighted by molar-refractivity contribution is 5.85. The summed E-state index contributed by atoms with van der Waals surface area (Å²) in [5.41, 5.74) is 2.52. The molecule has 0 spiro atoms. The molecule has 0 aliphatic carbocycles. The Morgan fingerprint density at radius 1 is 1.23 bits per heavy atom. The number of hydrogen-bond acceptors (Lipinski definition) is 2. The van der Waals surface area contributed by atoms with Crippen LogP contribution in [-0.2, 0) is 17.8 Å². The van der Waals surface area contributed by atoms with Crippen LogP contribution in [0.4, 0.5) is 4.39 Å². The molecule has 0 unspecified atom stereocenters. The molecule has 0 fully saturated rings. The lowest BCUT2D eigenvalue weighted by Crippen LogP contribution is -1.99. The first-order valence-corrected chi connectivity index (χ1v) is 6.79. The Hall–Kier alpha value is -2.62. The van der Waals surface area contributed by atoms with Crippen LogP contribution in [0.3, 0.4) is 0 Å². The van der Waals surface area contributed by atoms with Crippen molar-refractivity contribution in [2.45, 2.75) is 13.0 Å². The van der Waals surface area contributed by atoms with E-state index in [0.29, 0.717) is 18.8 Å². The molecule has 4 heteroatoms. The molecule has 0 aromatic heterocycles. The number of hydrogen-bond donors (Lipinski definition) is 1. The van der Waals surface area contributed by atoms with Crippen molar-refractivity contribution in [1.29, 1.82) is 0 Å². The molecule has 0 atom stereocenters. The van der Waals surface area contributed by atoms with E-state index >= 15 is 0 Å². The number of carboxylic acids is 1. The van der Waals surface area contributed by atoms with Gasteiger partial charge < -0.3 is 9.84 Å². The first kappa shape index (κ1) is 15.8. The smallest absolute Gasteiger partial charge is 0.328 e. The molecule has 0 saturated heterocycles. The van der Waals surface area contributed by atoms with Crippen LogP contribution in [0.2, 0.25) is 0 Å². The van der Waals surface area contributed by atoms with Gasteiger partial charge >= 0.3 is 5.97 Å². The van der Waals surface area contributed by atoms with Gasteiger partial charge in [0.05, 0.1) is 0 Å². The Kier molecular flexibility index (Phi) is 5.31. The summed E-state index contributed by atoms with van der Waals surface area (Å²) in [4.78, 5) is 10.5. The lowest BCUT2D eigenvalue weighted by molar-refractivity contribution is -0.131. The first-order valence-electron chi connectivity index (χ1n) is 6.79. The largest absolute Gasteiger partial charge is 0.489 e. The van der Waals surface area contributed by atoms with Gasteiger partial charge in [-0.3, -0.25) is 0 Å². The summed E-state index contributed by atoms with van der Waals surface area (Å²) in [6, 6.07) is 11.5. The van der Waals surface area contributed by atoms with E-state index in [4.69, 9.17) is 9.84 Å². The molecular formula is C18H16FO3. The molecule has 0 aliphatic heterocycles. The second-order valence-corrected chi connectivity index (χ2v) is 4.70. The van der Waals surface area contributed by atoms with Crippen molar-refractivity contribution < 1.29 is 19.0 Å². The molecule has 0 aliphatic rings. The van der Waals surface area contributed by atoms with Crippen LogP contribution in [0.5, 0.6) is 5.75 Å². The summed E-state index contributed by atoms with van der Waals surface area (Å²) in [6.07, 6.45) is 3.12. The molecule has 0 bridgehead atoms. The highest BCUT2D eigenvalue weighted by Gasteiger charge is 2.04. The molecule has 2 aromatic rings. The summed E-state index contributed by atoms with van der Waals surface area (Å²) in [6.45, 7) is 4.18. The third kappa shape index (κ3) is 4.45.